The Morgan fingerprint density at radius 3 is 2.80 bits per heavy atom. The van der Waals surface area contributed by atoms with Crippen molar-refractivity contribution in [2.75, 3.05) is 0 Å². The first-order valence-corrected chi connectivity index (χ1v) is 3.69. The number of carbonyl (C=O) groups is 1. The molecule has 2 nitrogen and oxygen atoms in total. The van der Waals surface area contributed by atoms with Gasteiger partial charge in [0.15, 0.2) is 0 Å². The van der Waals surface area contributed by atoms with Crippen molar-refractivity contribution in [3.8, 4) is 0 Å². The number of likely N-dealkylation sites (tertiary alicyclic amines) is 1. The molecule has 1 amide bonds. The van der Waals surface area contributed by atoms with Crippen molar-refractivity contribution in [3.05, 3.63) is 12.3 Å². The molecule has 1 aliphatic heterocycles. The third kappa shape index (κ3) is 1.20. The van der Waals surface area contributed by atoms with Gasteiger partial charge in [0.05, 0.1) is 0 Å². The number of hydrogen-bond acceptors (Lipinski definition) is 1. The van der Waals surface area contributed by atoms with Crippen LogP contribution in [0.4, 0.5) is 0 Å². The van der Waals surface area contributed by atoms with E-state index < -0.39 is 0 Å². The van der Waals surface area contributed by atoms with Crippen LogP contribution >= 0.6 is 0 Å². The van der Waals surface area contributed by atoms with E-state index in [1.54, 1.807) is 4.90 Å². The van der Waals surface area contributed by atoms with Gasteiger partial charge in [0.2, 0.25) is 5.91 Å². The molecule has 0 radical (unpaired) electrons. The molecule has 1 aliphatic rings. The Labute approximate surface area is 61.5 Å². The Kier molecular flexibility index (Phi) is 2.10. The van der Waals surface area contributed by atoms with Gasteiger partial charge in [-0.15, -0.1) is 0 Å². The second-order valence-corrected chi connectivity index (χ2v) is 2.67. The Bertz CT molecular complexity index is 163. The minimum atomic E-state index is 0.255. The molecule has 56 valence electrons. The van der Waals surface area contributed by atoms with Gasteiger partial charge in [-0.25, -0.2) is 0 Å². The topological polar surface area (TPSA) is 20.3 Å². The predicted octanol–water partition coefficient (Wildman–Crippen LogP) is 1.53. The Morgan fingerprint density at radius 2 is 2.40 bits per heavy atom. The highest BCUT2D eigenvalue weighted by atomic mass is 16.2. The maximum atomic E-state index is 11.0. The summed E-state index contributed by atoms with van der Waals surface area (Å²) in [5.74, 6) is 0.255. The summed E-state index contributed by atoms with van der Waals surface area (Å²) in [7, 11) is 0. The van der Waals surface area contributed by atoms with E-state index in [1.165, 1.54) is 0 Å². The summed E-state index contributed by atoms with van der Waals surface area (Å²) in [6.07, 6.45) is 5.48. The van der Waals surface area contributed by atoms with Gasteiger partial charge in [-0.2, -0.15) is 0 Å². The number of allylic oxidation sites excluding steroid dienone is 1. The Balaban J connectivity index is 2.62. The molecule has 0 aromatic heterocycles. The normalized spacial score (nSPS) is 26.8. The maximum Gasteiger partial charge on any atom is 0.226 e. The van der Waals surface area contributed by atoms with Crippen LogP contribution in [-0.4, -0.2) is 16.8 Å². The number of carbonyl (C=O) groups excluding carboxylic acids is 1. The van der Waals surface area contributed by atoms with Gasteiger partial charge in [0.25, 0.3) is 0 Å². The van der Waals surface area contributed by atoms with E-state index in [4.69, 9.17) is 0 Å². The molecule has 1 rings (SSSR count). The van der Waals surface area contributed by atoms with Gasteiger partial charge in [-0.1, -0.05) is 6.08 Å². The smallest absolute Gasteiger partial charge is 0.226 e. The van der Waals surface area contributed by atoms with E-state index in [9.17, 15) is 4.79 Å². The molecule has 0 spiro atoms. The molecular weight excluding hydrogens is 126 g/mol. The highest BCUT2D eigenvalue weighted by molar-refractivity contribution is 5.79. The fourth-order valence-corrected chi connectivity index (χ4v) is 1.24. The summed E-state index contributed by atoms with van der Waals surface area (Å²) in [6.45, 7) is 4.00. The first-order valence-electron chi connectivity index (χ1n) is 3.69. The van der Waals surface area contributed by atoms with Crippen molar-refractivity contribution >= 4 is 5.91 Å². The first-order chi connectivity index (χ1) is 4.75. The number of rotatable bonds is 1. The van der Waals surface area contributed by atoms with Gasteiger partial charge in [-0.05, 0) is 20.3 Å². The lowest BCUT2D eigenvalue weighted by molar-refractivity contribution is -0.126. The molecule has 0 saturated carbocycles. The molecule has 0 aliphatic carbocycles. The highest BCUT2D eigenvalue weighted by Gasteiger charge is 2.24. The molecule has 0 N–H and O–H groups in total. The largest absolute Gasteiger partial charge is 0.317 e. The van der Waals surface area contributed by atoms with Gasteiger partial charge in [-0.3, -0.25) is 4.79 Å². The molecule has 2 heteroatoms. The minimum absolute atomic E-state index is 0.255. The van der Waals surface area contributed by atoms with Crippen LogP contribution < -0.4 is 0 Å². The van der Waals surface area contributed by atoms with Crippen LogP contribution in [0.1, 0.15) is 26.7 Å². The van der Waals surface area contributed by atoms with Gasteiger partial charge >= 0.3 is 0 Å². The van der Waals surface area contributed by atoms with Gasteiger partial charge < -0.3 is 4.90 Å². The molecule has 1 atom stereocenters. The van der Waals surface area contributed by atoms with Crippen LogP contribution in [0.15, 0.2) is 12.3 Å². The minimum Gasteiger partial charge on any atom is -0.317 e. The summed E-state index contributed by atoms with van der Waals surface area (Å²) >= 11 is 0. The van der Waals surface area contributed by atoms with E-state index >= 15 is 0 Å². The molecular formula is C8H13NO. The number of nitrogens with zero attached hydrogens (tertiary/aromatic N) is 1. The lowest BCUT2D eigenvalue weighted by Gasteiger charge is -2.15. The van der Waals surface area contributed by atoms with Gasteiger partial charge in [0, 0.05) is 18.7 Å². The van der Waals surface area contributed by atoms with E-state index in [0.717, 1.165) is 6.42 Å². The molecule has 1 saturated heterocycles. The zero-order valence-electron chi connectivity index (χ0n) is 6.50. The Morgan fingerprint density at radius 1 is 1.70 bits per heavy atom. The molecule has 0 bridgehead atoms. The number of amides is 1. The van der Waals surface area contributed by atoms with Crippen LogP contribution in [0.25, 0.3) is 0 Å². The molecule has 0 aromatic carbocycles. The fraction of sp³-hybridized carbons (Fsp3) is 0.625. The lowest BCUT2D eigenvalue weighted by Crippen LogP contribution is -2.24. The van der Waals surface area contributed by atoms with Crippen LogP contribution in [0.5, 0.6) is 0 Å². The van der Waals surface area contributed by atoms with Crippen molar-refractivity contribution in [1.29, 1.82) is 0 Å². The third-order valence-electron chi connectivity index (χ3n) is 1.85. The molecule has 0 aromatic rings. The third-order valence-corrected chi connectivity index (χ3v) is 1.85. The molecule has 1 heterocycles. The average molecular weight is 139 g/mol. The second kappa shape index (κ2) is 2.86. The molecule has 1 unspecified atom stereocenters. The van der Waals surface area contributed by atoms with Crippen LogP contribution in [-0.2, 0) is 4.79 Å². The second-order valence-electron chi connectivity index (χ2n) is 2.67. The zero-order valence-corrected chi connectivity index (χ0v) is 6.50. The van der Waals surface area contributed by atoms with Crippen molar-refractivity contribution in [2.24, 2.45) is 0 Å². The van der Waals surface area contributed by atoms with E-state index in [2.05, 4.69) is 6.92 Å². The quantitative estimate of drug-likeness (QED) is 0.539. The zero-order chi connectivity index (χ0) is 7.56. The van der Waals surface area contributed by atoms with Crippen molar-refractivity contribution in [1.82, 2.24) is 4.90 Å². The predicted molar refractivity (Wildman–Crippen MR) is 40.4 cm³/mol. The van der Waals surface area contributed by atoms with Crippen molar-refractivity contribution < 1.29 is 4.79 Å². The van der Waals surface area contributed by atoms with E-state index in [0.29, 0.717) is 12.5 Å². The first kappa shape index (κ1) is 7.32. The van der Waals surface area contributed by atoms with Crippen LogP contribution in [0.3, 0.4) is 0 Å². The average Bonchev–Trinajstić information content (AvgIpc) is 2.20. The van der Waals surface area contributed by atoms with Crippen molar-refractivity contribution in [2.45, 2.75) is 32.7 Å². The van der Waals surface area contributed by atoms with E-state index in [1.807, 2.05) is 19.2 Å². The van der Waals surface area contributed by atoms with Crippen LogP contribution in [0.2, 0.25) is 0 Å². The molecule has 10 heavy (non-hydrogen) atoms. The monoisotopic (exact) mass is 139 g/mol. The summed E-state index contributed by atoms with van der Waals surface area (Å²) in [4.78, 5) is 12.9. The standard InChI is InChI=1S/C8H13NO/c1-3-6-9-7(2)4-5-8(9)10/h3,6-7H,4-5H2,1-2H3. The van der Waals surface area contributed by atoms with E-state index in [-0.39, 0.29) is 5.91 Å². The summed E-state index contributed by atoms with van der Waals surface area (Å²) in [5, 5.41) is 0. The SMILES string of the molecule is CC=CN1C(=O)CCC1C. The molecule has 1 fully saturated rings. The lowest BCUT2D eigenvalue weighted by atomic mass is 10.2. The highest BCUT2D eigenvalue weighted by Crippen LogP contribution is 2.17. The van der Waals surface area contributed by atoms with Crippen molar-refractivity contribution in [3.63, 3.8) is 0 Å². The summed E-state index contributed by atoms with van der Waals surface area (Å²) in [5.41, 5.74) is 0. The van der Waals surface area contributed by atoms with Crippen LogP contribution in [0, 0.1) is 0 Å². The van der Waals surface area contributed by atoms with Gasteiger partial charge in [0.1, 0.15) is 0 Å². The summed E-state index contributed by atoms with van der Waals surface area (Å²) in [6, 6.07) is 0.406. The fourth-order valence-electron chi connectivity index (χ4n) is 1.24. The number of hydrogen-bond donors (Lipinski definition) is 0. The maximum absolute atomic E-state index is 11.0. The Hall–Kier alpha value is -0.790. The summed E-state index contributed by atoms with van der Waals surface area (Å²) < 4.78 is 0.